The third-order valence-electron chi connectivity index (χ3n) is 9.15. The van der Waals surface area contributed by atoms with Crippen molar-refractivity contribution in [3.8, 4) is 0 Å². The van der Waals surface area contributed by atoms with Crippen LogP contribution in [-0.4, -0.2) is 43.3 Å². The monoisotopic (exact) mass is 463 g/mol. The number of carbonyl (C=O) groups is 3. The van der Waals surface area contributed by atoms with Gasteiger partial charge in [-0.25, -0.2) is 0 Å². The normalized spacial score (nSPS) is 40.6. The van der Waals surface area contributed by atoms with E-state index in [0.717, 1.165) is 37.7 Å². The number of carbonyl (C=O) groups excluding carboxylic acids is 3. The van der Waals surface area contributed by atoms with E-state index in [1.165, 1.54) is 20.8 Å². The highest BCUT2D eigenvalue weighted by Gasteiger charge is 2.59. The van der Waals surface area contributed by atoms with Gasteiger partial charge >= 0.3 is 17.9 Å². The van der Waals surface area contributed by atoms with Crippen molar-refractivity contribution in [2.75, 3.05) is 13.2 Å². The number of nitrogens with two attached hydrogens (primary N) is 1. The van der Waals surface area contributed by atoms with Crippen LogP contribution >= 0.6 is 0 Å². The van der Waals surface area contributed by atoms with Crippen molar-refractivity contribution in [1.82, 2.24) is 0 Å². The fourth-order valence-corrected chi connectivity index (χ4v) is 7.34. The highest BCUT2D eigenvalue weighted by atomic mass is 16.5. The molecule has 0 amide bonds. The quantitative estimate of drug-likeness (QED) is 0.363. The highest BCUT2D eigenvalue weighted by Crippen LogP contribution is 2.63. The first-order chi connectivity index (χ1) is 15.4. The SMILES string of the molecule is C=C1[C@@H](OC(C)=O)C[C@H]2[C@H](CN)[C@@H]([C@@]3(C)CC[C@H](OC(C)=O)C[C@@H]3COC(C)=O)CC[C@]12C. The summed E-state index contributed by atoms with van der Waals surface area (Å²) in [5, 5.41) is 0. The van der Waals surface area contributed by atoms with Crippen LogP contribution in [0.15, 0.2) is 12.2 Å². The molecule has 3 aliphatic carbocycles. The van der Waals surface area contributed by atoms with Gasteiger partial charge in [0.2, 0.25) is 0 Å². The zero-order valence-electron chi connectivity index (χ0n) is 20.9. The molecule has 0 bridgehead atoms. The van der Waals surface area contributed by atoms with E-state index in [4.69, 9.17) is 19.9 Å². The summed E-state index contributed by atoms with van der Waals surface area (Å²) >= 11 is 0. The molecule has 0 spiro atoms. The second-order valence-electron chi connectivity index (χ2n) is 10.9. The lowest BCUT2D eigenvalue weighted by molar-refractivity contribution is -0.161. The Morgan fingerprint density at radius 2 is 1.64 bits per heavy atom. The van der Waals surface area contributed by atoms with E-state index in [1.54, 1.807) is 0 Å². The number of ether oxygens (including phenoxy) is 3. The molecule has 7 nitrogen and oxygen atoms in total. The maximum Gasteiger partial charge on any atom is 0.303 e. The van der Waals surface area contributed by atoms with Crippen molar-refractivity contribution in [3.63, 3.8) is 0 Å². The largest absolute Gasteiger partial charge is 0.466 e. The molecule has 2 N–H and O–H groups in total. The predicted molar refractivity (Wildman–Crippen MR) is 124 cm³/mol. The van der Waals surface area contributed by atoms with Gasteiger partial charge in [0, 0.05) is 26.7 Å². The molecule has 3 fully saturated rings. The van der Waals surface area contributed by atoms with Crippen molar-refractivity contribution in [2.24, 2.45) is 40.2 Å². The lowest BCUT2D eigenvalue weighted by atomic mass is 9.49. The summed E-state index contributed by atoms with van der Waals surface area (Å²) < 4.78 is 16.7. The van der Waals surface area contributed by atoms with E-state index in [-0.39, 0.29) is 58.7 Å². The third-order valence-corrected chi connectivity index (χ3v) is 9.15. The first kappa shape index (κ1) is 25.7. The molecule has 0 aliphatic heterocycles. The Morgan fingerprint density at radius 3 is 2.21 bits per heavy atom. The third kappa shape index (κ3) is 4.98. The van der Waals surface area contributed by atoms with Gasteiger partial charge < -0.3 is 19.9 Å². The Labute approximate surface area is 197 Å². The van der Waals surface area contributed by atoms with Crippen molar-refractivity contribution >= 4 is 17.9 Å². The van der Waals surface area contributed by atoms with Crippen LogP contribution in [-0.2, 0) is 28.6 Å². The maximum absolute atomic E-state index is 11.7. The lowest BCUT2D eigenvalue weighted by Gasteiger charge is -2.56. The van der Waals surface area contributed by atoms with Gasteiger partial charge in [0.1, 0.15) is 12.2 Å². The van der Waals surface area contributed by atoms with Crippen LogP contribution < -0.4 is 5.73 Å². The topological polar surface area (TPSA) is 105 Å². The molecule has 0 aromatic rings. The second-order valence-corrected chi connectivity index (χ2v) is 10.9. The summed E-state index contributed by atoms with van der Waals surface area (Å²) in [5.74, 6) is 0.104. The first-order valence-corrected chi connectivity index (χ1v) is 12.3. The van der Waals surface area contributed by atoms with Crippen LogP contribution in [0.1, 0.15) is 73.1 Å². The molecule has 33 heavy (non-hydrogen) atoms. The van der Waals surface area contributed by atoms with Crippen molar-refractivity contribution in [3.05, 3.63) is 12.2 Å². The van der Waals surface area contributed by atoms with E-state index < -0.39 is 0 Å². The lowest BCUT2D eigenvalue weighted by Crippen LogP contribution is -2.53. The van der Waals surface area contributed by atoms with Crippen LogP contribution in [0.3, 0.4) is 0 Å². The van der Waals surface area contributed by atoms with Crippen LogP contribution in [0.5, 0.6) is 0 Å². The van der Waals surface area contributed by atoms with Gasteiger partial charge in [-0.15, -0.1) is 0 Å². The van der Waals surface area contributed by atoms with Gasteiger partial charge in [-0.2, -0.15) is 0 Å². The zero-order valence-corrected chi connectivity index (χ0v) is 20.9. The molecule has 3 aliphatic rings. The van der Waals surface area contributed by atoms with Crippen LogP contribution in [0.2, 0.25) is 0 Å². The summed E-state index contributed by atoms with van der Waals surface area (Å²) in [4.78, 5) is 34.9. The van der Waals surface area contributed by atoms with E-state index in [0.29, 0.717) is 25.5 Å². The van der Waals surface area contributed by atoms with Gasteiger partial charge in [0.25, 0.3) is 0 Å². The van der Waals surface area contributed by atoms with Crippen LogP contribution in [0, 0.1) is 34.5 Å². The number of hydrogen-bond donors (Lipinski definition) is 1. The van der Waals surface area contributed by atoms with E-state index in [9.17, 15) is 14.4 Å². The summed E-state index contributed by atoms with van der Waals surface area (Å²) in [5.41, 5.74) is 7.25. The molecule has 8 atom stereocenters. The van der Waals surface area contributed by atoms with Gasteiger partial charge in [-0.05, 0) is 79.2 Å². The highest BCUT2D eigenvalue weighted by molar-refractivity contribution is 5.67. The molecule has 7 heteroatoms. The Kier molecular flexibility index (Phi) is 7.62. The molecular formula is C26H41NO6. The Hall–Kier alpha value is -1.89. The number of fused-ring (bicyclic) bond motifs is 1. The van der Waals surface area contributed by atoms with Crippen molar-refractivity contribution in [2.45, 2.75) is 85.4 Å². The fourth-order valence-electron chi connectivity index (χ4n) is 7.34. The maximum atomic E-state index is 11.7. The number of hydrogen-bond acceptors (Lipinski definition) is 7. The smallest absolute Gasteiger partial charge is 0.303 e. The Bertz CT molecular complexity index is 796. The van der Waals surface area contributed by atoms with E-state index in [1.807, 2.05) is 0 Å². The molecule has 0 unspecified atom stereocenters. The molecular weight excluding hydrogens is 422 g/mol. The van der Waals surface area contributed by atoms with Crippen molar-refractivity contribution in [1.29, 1.82) is 0 Å². The minimum absolute atomic E-state index is 0.0803. The Balaban J connectivity index is 1.87. The molecule has 0 saturated heterocycles. The molecule has 0 aromatic heterocycles. The molecule has 0 radical (unpaired) electrons. The zero-order chi connectivity index (χ0) is 24.6. The predicted octanol–water partition coefficient (Wildman–Crippen LogP) is 3.79. The summed E-state index contributed by atoms with van der Waals surface area (Å²) in [6.07, 6.45) is 4.68. The number of rotatable bonds is 6. The van der Waals surface area contributed by atoms with Gasteiger partial charge in [0.05, 0.1) is 6.61 Å². The average molecular weight is 464 g/mol. The number of esters is 3. The fraction of sp³-hybridized carbons (Fsp3) is 0.808. The van der Waals surface area contributed by atoms with E-state index in [2.05, 4.69) is 20.4 Å². The van der Waals surface area contributed by atoms with Gasteiger partial charge in [0.15, 0.2) is 0 Å². The van der Waals surface area contributed by atoms with Crippen LogP contribution in [0.4, 0.5) is 0 Å². The average Bonchev–Trinajstić information content (AvgIpc) is 2.97. The molecule has 0 heterocycles. The minimum Gasteiger partial charge on any atom is -0.466 e. The van der Waals surface area contributed by atoms with E-state index >= 15 is 0 Å². The van der Waals surface area contributed by atoms with Crippen molar-refractivity contribution < 1.29 is 28.6 Å². The molecule has 3 rings (SSSR count). The molecule has 0 aromatic carbocycles. The summed E-state index contributed by atoms with van der Waals surface area (Å²) in [7, 11) is 0. The van der Waals surface area contributed by atoms with Gasteiger partial charge in [-0.1, -0.05) is 20.4 Å². The molecule has 186 valence electrons. The molecule has 3 saturated carbocycles. The first-order valence-electron chi connectivity index (χ1n) is 12.3. The minimum atomic E-state index is -0.296. The Morgan fingerprint density at radius 1 is 0.970 bits per heavy atom. The summed E-state index contributed by atoms with van der Waals surface area (Å²) in [6.45, 7) is 14.1. The van der Waals surface area contributed by atoms with Crippen LogP contribution in [0.25, 0.3) is 0 Å². The standard InChI is InChI=1S/C26H41NO6/c1-15-24(33-18(4)30)12-23-21(13-27)22(8-10-25(15,23)5)26(6)9-7-20(32-17(3)29)11-19(26)14-31-16(2)28/h19-24H,1,7-14,27H2,2-6H3/t19-,20+,21-,22+,23+,24+,25-,26+/m1/s1. The summed E-state index contributed by atoms with van der Waals surface area (Å²) in [6, 6.07) is 0. The van der Waals surface area contributed by atoms with Gasteiger partial charge in [-0.3, -0.25) is 14.4 Å². The second kappa shape index (κ2) is 9.77.